The summed E-state index contributed by atoms with van der Waals surface area (Å²) in [6.07, 6.45) is 0. The van der Waals surface area contributed by atoms with Gasteiger partial charge in [-0.25, -0.2) is 18.0 Å². The number of carbonyl (C=O) groups is 2. The fourth-order valence-electron chi connectivity index (χ4n) is 2.85. The highest BCUT2D eigenvalue weighted by molar-refractivity contribution is 6.08. The van der Waals surface area contributed by atoms with Crippen LogP contribution in [0.3, 0.4) is 0 Å². The molecule has 0 heterocycles. The van der Waals surface area contributed by atoms with Crippen LogP contribution in [-0.2, 0) is 4.74 Å². The molecule has 7 heteroatoms. The molecule has 0 radical (unpaired) electrons. The van der Waals surface area contributed by atoms with Gasteiger partial charge in [-0.15, -0.1) is 0 Å². The summed E-state index contributed by atoms with van der Waals surface area (Å²) in [5.41, 5.74) is -0.0816. The Labute approximate surface area is 177 Å². The Morgan fingerprint density at radius 3 is 2.10 bits per heavy atom. The molecule has 160 valence electrons. The summed E-state index contributed by atoms with van der Waals surface area (Å²) in [6, 6.07) is 12.2. The molecular formula is C24H20F3NO3. The Bertz CT molecular complexity index is 1140. The lowest BCUT2D eigenvalue weighted by Crippen LogP contribution is -2.25. The molecule has 31 heavy (non-hydrogen) atoms. The zero-order chi connectivity index (χ0) is 22.8. The molecule has 0 atom stereocenters. The molecule has 0 unspecified atom stereocenters. The molecule has 1 amide bonds. The van der Waals surface area contributed by atoms with Crippen LogP contribution in [0.4, 0.5) is 18.9 Å². The topological polar surface area (TPSA) is 55.4 Å². The normalized spacial score (nSPS) is 11.2. The van der Waals surface area contributed by atoms with Crippen LogP contribution < -0.4 is 5.32 Å². The second kappa shape index (κ2) is 8.63. The van der Waals surface area contributed by atoms with Crippen LogP contribution >= 0.6 is 0 Å². The van der Waals surface area contributed by atoms with E-state index in [0.29, 0.717) is 5.56 Å². The highest BCUT2D eigenvalue weighted by atomic mass is 19.1. The smallest absolute Gasteiger partial charge is 0.340 e. The van der Waals surface area contributed by atoms with E-state index in [2.05, 4.69) is 5.32 Å². The van der Waals surface area contributed by atoms with Gasteiger partial charge in [0.25, 0.3) is 5.91 Å². The molecule has 0 aliphatic heterocycles. The summed E-state index contributed by atoms with van der Waals surface area (Å²) >= 11 is 0. The lowest BCUT2D eigenvalue weighted by molar-refractivity contribution is 0.00708. The van der Waals surface area contributed by atoms with Crippen LogP contribution in [0.15, 0.2) is 60.7 Å². The Balaban J connectivity index is 2.03. The maximum atomic E-state index is 14.3. The van der Waals surface area contributed by atoms with Crippen LogP contribution in [0.1, 0.15) is 41.5 Å². The minimum absolute atomic E-state index is 0.0525. The summed E-state index contributed by atoms with van der Waals surface area (Å²) in [6.45, 7) is 5.10. The van der Waals surface area contributed by atoms with Gasteiger partial charge < -0.3 is 10.1 Å². The van der Waals surface area contributed by atoms with Crippen molar-refractivity contribution in [3.8, 4) is 11.1 Å². The lowest BCUT2D eigenvalue weighted by atomic mass is 10.0. The van der Waals surface area contributed by atoms with E-state index >= 15 is 0 Å². The SMILES string of the molecule is CC(C)(C)OC(=O)c1ccc(-c2ccc(F)cc2F)cc1NC(=O)c1ccc(F)cc1. The zero-order valence-corrected chi connectivity index (χ0v) is 17.1. The molecule has 3 aromatic carbocycles. The second-order valence-corrected chi connectivity index (χ2v) is 7.85. The van der Waals surface area contributed by atoms with Gasteiger partial charge in [0.15, 0.2) is 0 Å². The van der Waals surface area contributed by atoms with Crippen molar-refractivity contribution in [3.63, 3.8) is 0 Å². The van der Waals surface area contributed by atoms with Crippen molar-refractivity contribution in [2.24, 2.45) is 0 Å². The highest BCUT2D eigenvalue weighted by Gasteiger charge is 2.22. The van der Waals surface area contributed by atoms with E-state index in [9.17, 15) is 22.8 Å². The van der Waals surface area contributed by atoms with Gasteiger partial charge in [-0.2, -0.15) is 0 Å². The van der Waals surface area contributed by atoms with Gasteiger partial charge >= 0.3 is 5.97 Å². The standard InChI is InChI=1S/C24H20F3NO3/c1-24(2,3)31-23(30)19-10-6-15(18-11-9-17(26)13-20(18)27)12-21(19)28-22(29)14-4-7-16(25)8-5-14/h4-13H,1-3H3,(H,28,29). The van der Waals surface area contributed by atoms with E-state index in [1.54, 1.807) is 20.8 Å². The molecule has 0 saturated heterocycles. The van der Waals surface area contributed by atoms with Gasteiger partial charge in [-0.05, 0) is 74.9 Å². The first kappa shape index (κ1) is 22.1. The third-order valence-electron chi connectivity index (χ3n) is 4.24. The number of carbonyl (C=O) groups excluding carboxylic acids is 2. The number of esters is 1. The average Bonchev–Trinajstić information content (AvgIpc) is 2.67. The number of hydrogen-bond donors (Lipinski definition) is 1. The maximum Gasteiger partial charge on any atom is 0.340 e. The van der Waals surface area contributed by atoms with Crippen LogP contribution in [0.5, 0.6) is 0 Å². The lowest BCUT2D eigenvalue weighted by Gasteiger charge is -2.21. The monoisotopic (exact) mass is 427 g/mol. The van der Waals surface area contributed by atoms with Crippen molar-refractivity contribution in [1.29, 1.82) is 0 Å². The molecule has 1 N–H and O–H groups in total. The molecule has 4 nitrogen and oxygen atoms in total. The molecule has 0 bridgehead atoms. The first-order chi connectivity index (χ1) is 14.5. The summed E-state index contributed by atoms with van der Waals surface area (Å²) in [5, 5.41) is 2.60. The highest BCUT2D eigenvalue weighted by Crippen LogP contribution is 2.30. The fourth-order valence-corrected chi connectivity index (χ4v) is 2.85. The van der Waals surface area contributed by atoms with Crippen LogP contribution in [0.25, 0.3) is 11.1 Å². The van der Waals surface area contributed by atoms with Crippen LogP contribution in [0, 0.1) is 17.5 Å². The van der Waals surface area contributed by atoms with Crippen molar-refractivity contribution in [1.82, 2.24) is 0 Å². The van der Waals surface area contributed by atoms with E-state index in [-0.39, 0.29) is 22.4 Å². The Hall–Kier alpha value is -3.61. The summed E-state index contributed by atoms with van der Waals surface area (Å²) in [7, 11) is 0. The summed E-state index contributed by atoms with van der Waals surface area (Å²) in [5.74, 6) is -3.30. The van der Waals surface area contributed by atoms with Gasteiger partial charge in [0, 0.05) is 17.2 Å². The van der Waals surface area contributed by atoms with Crippen molar-refractivity contribution in [2.75, 3.05) is 5.32 Å². The number of benzene rings is 3. The first-order valence-corrected chi connectivity index (χ1v) is 9.43. The first-order valence-electron chi connectivity index (χ1n) is 9.43. The third kappa shape index (κ3) is 5.51. The molecule has 0 spiro atoms. The number of halogens is 3. The number of nitrogens with one attached hydrogen (secondary N) is 1. The van der Waals surface area contributed by atoms with Crippen molar-refractivity contribution in [3.05, 3.63) is 89.2 Å². The molecule has 3 rings (SSSR count). The molecule has 0 saturated carbocycles. The molecule has 0 fully saturated rings. The predicted molar refractivity (Wildman–Crippen MR) is 111 cm³/mol. The maximum absolute atomic E-state index is 14.3. The van der Waals surface area contributed by atoms with E-state index in [1.165, 1.54) is 36.4 Å². The van der Waals surface area contributed by atoms with Gasteiger partial charge in [0.2, 0.25) is 0 Å². The third-order valence-corrected chi connectivity index (χ3v) is 4.24. The number of rotatable bonds is 4. The van der Waals surface area contributed by atoms with E-state index in [1.807, 2.05) is 0 Å². The minimum atomic E-state index is -0.791. The van der Waals surface area contributed by atoms with Crippen molar-refractivity contribution in [2.45, 2.75) is 26.4 Å². The quantitative estimate of drug-likeness (QED) is 0.521. The molecule has 0 aromatic heterocycles. The molecule has 3 aromatic rings. The van der Waals surface area contributed by atoms with E-state index in [0.717, 1.165) is 24.3 Å². The van der Waals surface area contributed by atoms with E-state index < -0.39 is 34.9 Å². The second-order valence-electron chi connectivity index (χ2n) is 7.85. The average molecular weight is 427 g/mol. The zero-order valence-electron chi connectivity index (χ0n) is 17.1. The number of ether oxygens (including phenoxy) is 1. The van der Waals surface area contributed by atoms with Crippen molar-refractivity contribution < 1.29 is 27.5 Å². The summed E-state index contributed by atoms with van der Waals surface area (Å²) < 4.78 is 46.1. The fraction of sp³-hybridized carbons (Fsp3) is 0.167. The Kier molecular flexibility index (Phi) is 6.15. The Morgan fingerprint density at radius 1 is 0.839 bits per heavy atom. The van der Waals surface area contributed by atoms with Gasteiger partial charge in [0.1, 0.15) is 23.1 Å². The van der Waals surface area contributed by atoms with Gasteiger partial charge in [-0.3, -0.25) is 4.79 Å². The minimum Gasteiger partial charge on any atom is -0.456 e. The largest absolute Gasteiger partial charge is 0.456 e. The Morgan fingerprint density at radius 2 is 1.48 bits per heavy atom. The predicted octanol–water partition coefficient (Wildman–Crippen LogP) is 5.98. The van der Waals surface area contributed by atoms with Gasteiger partial charge in [0.05, 0.1) is 11.3 Å². The van der Waals surface area contributed by atoms with Crippen LogP contribution in [-0.4, -0.2) is 17.5 Å². The van der Waals surface area contributed by atoms with Crippen molar-refractivity contribution >= 4 is 17.6 Å². The van der Waals surface area contributed by atoms with Crippen LogP contribution in [0.2, 0.25) is 0 Å². The van der Waals surface area contributed by atoms with E-state index in [4.69, 9.17) is 4.74 Å². The summed E-state index contributed by atoms with van der Waals surface area (Å²) in [4.78, 5) is 25.3. The number of amides is 1. The molecular weight excluding hydrogens is 407 g/mol. The number of hydrogen-bond acceptors (Lipinski definition) is 3. The molecule has 0 aliphatic rings. The molecule has 0 aliphatic carbocycles. The van der Waals surface area contributed by atoms with Gasteiger partial charge in [-0.1, -0.05) is 6.07 Å². The number of anilines is 1.